The van der Waals surface area contributed by atoms with E-state index in [1.54, 1.807) is 7.11 Å². The Morgan fingerprint density at radius 1 is 1.12 bits per heavy atom. The van der Waals surface area contributed by atoms with Gasteiger partial charge >= 0.3 is 0 Å². The fraction of sp³-hybridized carbons (Fsp3) is 0.400. The molecule has 0 aliphatic heterocycles. The molecule has 0 atom stereocenters. The number of hydrogen-bond donors (Lipinski definition) is 0. The Bertz CT molecular complexity index is 440. The van der Waals surface area contributed by atoms with Crippen molar-refractivity contribution in [2.45, 2.75) is 32.6 Å². The molecule has 1 aliphatic rings. The maximum absolute atomic E-state index is 12.3. The molecule has 0 N–H and O–H groups in total. The van der Waals surface area contributed by atoms with E-state index >= 15 is 0 Å². The Morgan fingerprint density at radius 3 is 2.35 bits per heavy atom. The monoisotopic (exact) mass is 230 g/mol. The van der Waals surface area contributed by atoms with Crippen LogP contribution in [0, 0.1) is 0 Å². The molecular formula is C15H18O2. The van der Waals surface area contributed by atoms with Gasteiger partial charge in [-0.2, -0.15) is 0 Å². The zero-order valence-electron chi connectivity index (χ0n) is 10.5. The molecule has 0 radical (unpaired) electrons. The molecule has 0 fully saturated rings. The molecule has 1 aliphatic carbocycles. The number of allylic oxidation sites excluding steroid dienone is 2. The van der Waals surface area contributed by atoms with Gasteiger partial charge in [0.25, 0.3) is 0 Å². The van der Waals surface area contributed by atoms with Crippen LogP contribution in [-0.4, -0.2) is 12.9 Å². The van der Waals surface area contributed by atoms with E-state index < -0.39 is 0 Å². The SMILES string of the molecule is COc1ccc(C(=O)C2=C(C)CCCC2)cc1. The van der Waals surface area contributed by atoms with E-state index in [-0.39, 0.29) is 5.78 Å². The molecule has 1 aromatic carbocycles. The average molecular weight is 230 g/mol. The highest BCUT2D eigenvalue weighted by molar-refractivity contribution is 6.09. The summed E-state index contributed by atoms with van der Waals surface area (Å²) in [5.41, 5.74) is 3.04. The first-order chi connectivity index (χ1) is 8.22. The summed E-state index contributed by atoms with van der Waals surface area (Å²) in [4.78, 5) is 12.3. The second-order valence-electron chi connectivity index (χ2n) is 4.52. The maximum Gasteiger partial charge on any atom is 0.188 e. The largest absolute Gasteiger partial charge is 0.497 e. The first-order valence-corrected chi connectivity index (χ1v) is 6.09. The molecule has 0 aromatic heterocycles. The topological polar surface area (TPSA) is 26.3 Å². The highest BCUT2D eigenvalue weighted by Crippen LogP contribution is 2.27. The molecule has 2 nitrogen and oxygen atoms in total. The molecular weight excluding hydrogens is 212 g/mol. The van der Waals surface area contributed by atoms with Crippen molar-refractivity contribution in [3.63, 3.8) is 0 Å². The molecule has 0 saturated carbocycles. The molecule has 1 aromatic rings. The van der Waals surface area contributed by atoms with Crippen LogP contribution in [0.4, 0.5) is 0 Å². The van der Waals surface area contributed by atoms with Gasteiger partial charge in [-0.05, 0) is 62.4 Å². The van der Waals surface area contributed by atoms with Crippen LogP contribution in [0.3, 0.4) is 0 Å². The van der Waals surface area contributed by atoms with Crippen molar-refractivity contribution in [1.29, 1.82) is 0 Å². The predicted octanol–water partition coefficient (Wildman–Crippen LogP) is 3.77. The van der Waals surface area contributed by atoms with Gasteiger partial charge in [-0.25, -0.2) is 0 Å². The third kappa shape index (κ3) is 2.57. The van der Waals surface area contributed by atoms with E-state index in [1.165, 1.54) is 12.0 Å². The fourth-order valence-electron chi connectivity index (χ4n) is 2.28. The molecule has 2 rings (SSSR count). The normalized spacial score (nSPS) is 15.9. The number of benzene rings is 1. The summed E-state index contributed by atoms with van der Waals surface area (Å²) in [6.45, 7) is 2.08. The van der Waals surface area contributed by atoms with Gasteiger partial charge in [0.2, 0.25) is 0 Å². The number of Topliss-reactive ketones (excluding diaryl/α,β-unsaturated/α-hetero) is 1. The van der Waals surface area contributed by atoms with Crippen LogP contribution in [0.5, 0.6) is 5.75 Å². The third-order valence-corrected chi connectivity index (χ3v) is 3.37. The second kappa shape index (κ2) is 5.17. The van der Waals surface area contributed by atoms with Crippen LogP contribution in [0.2, 0.25) is 0 Å². The lowest BCUT2D eigenvalue weighted by atomic mass is 9.88. The molecule has 0 amide bonds. The van der Waals surface area contributed by atoms with E-state index in [9.17, 15) is 4.79 Å². The zero-order valence-corrected chi connectivity index (χ0v) is 10.5. The Kier molecular flexibility index (Phi) is 3.62. The number of ether oxygens (including phenoxy) is 1. The lowest BCUT2D eigenvalue weighted by Gasteiger charge is -2.16. The molecule has 0 heterocycles. The van der Waals surface area contributed by atoms with E-state index in [2.05, 4.69) is 6.92 Å². The number of rotatable bonds is 3. The van der Waals surface area contributed by atoms with Crippen LogP contribution in [0.15, 0.2) is 35.4 Å². The summed E-state index contributed by atoms with van der Waals surface area (Å²) >= 11 is 0. The van der Waals surface area contributed by atoms with Gasteiger partial charge in [0.15, 0.2) is 5.78 Å². The van der Waals surface area contributed by atoms with E-state index in [0.717, 1.165) is 36.1 Å². The van der Waals surface area contributed by atoms with Gasteiger partial charge in [0.1, 0.15) is 5.75 Å². The molecule has 17 heavy (non-hydrogen) atoms. The van der Waals surface area contributed by atoms with Crippen molar-refractivity contribution in [2.75, 3.05) is 7.11 Å². The first kappa shape index (κ1) is 11.9. The van der Waals surface area contributed by atoms with Crippen molar-refractivity contribution in [2.24, 2.45) is 0 Å². The van der Waals surface area contributed by atoms with Crippen LogP contribution in [0.25, 0.3) is 0 Å². The minimum absolute atomic E-state index is 0.185. The third-order valence-electron chi connectivity index (χ3n) is 3.37. The maximum atomic E-state index is 12.3. The predicted molar refractivity (Wildman–Crippen MR) is 68.5 cm³/mol. The average Bonchev–Trinajstić information content (AvgIpc) is 2.39. The molecule has 90 valence electrons. The number of hydrogen-bond acceptors (Lipinski definition) is 2. The standard InChI is InChI=1S/C15H18O2/c1-11-5-3-4-6-14(11)15(16)12-7-9-13(17-2)10-8-12/h7-10H,3-6H2,1-2H3. The van der Waals surface area contributed by atoms with Gasteiger partial charge in [0, 0.05) is 5.56 Å². The quantitative estimate of drug-likeness (QED) is 0.739. The lowest BCUT2D eigenvalue weighted by Crippen LogP contribution is -2.09. The Balaban J connectivity index is 2.24. The van der Waals surface area contributed by atoms with Crippen molar-refractivity contribution in [1.82, 2.24) is 0 Å². The lowest BCUT2D eigenvalue weighted by molar-refractivity contribution is 0.102. The number of ketones is 1. The summed E-state index contributed by atoms with van der Waals surface area (Å²) in [5.74, 6) is 0.973. The smallest absolute Gasteiger partial charge is 0.188 e. The van der Waals surface area contributed by atoms with Gasteiger partial charge < -0.3 is 4.74 Å². The van der Waals surface area contributed by atoms with Crippen LogP contribution in [-0.2, 0) is 0 Å². The zero-order chi connectivity index (χ0) is 12.3. The van der Waals surface area contributed by atoms with Crippen molar-refractivity contribution in [3.05, 3.63) is 41.0 Å². The van der Waals surface area contributed by atoms with Crippen LogP contribution >= 0.6 is 0 Å². The molecule has 2 heteroatoms. The Labute approximate surface area is 102 Å². The van der Waals surface area contributed by atoms with Crippen LogP contribution in [0.1, 0.15) is 43.0 Å². The summed E-state index contributed by atoms with van der Waals surface area (Å²) in [7, 11) is 1.63. The minimum atomic E-state index is 0.185. The molecule has 0 unspecified atom stereocenters. The number of methoxy groups -OCH3 is 1. The van der Waals surface area contributed by atoms with E-state index in [0.29, 0.717) is 0 Å². The van der Waals surface area contributed by atoms with Gasteiger partial charge in [-0.15, -0.1) is 0 Å². The second-order valence-corrected chi connectivity index (χ2v) is 4.52. The summed E-state index contributed by atoms with van der Waals surface area (Å²) in [5, 5.41) is 0. The summed E-state index contributed by atoms with van der Waals surface area (Å²) in [6.07, 6.45) is 4.34. The molecule has 0 bridgehead atoms. The van der Waals surface area contributed by atoms with Gasteiger partial charge in [-0.3, -0.25) is 4.79 Å². The van der Waals surface area contributed by atoms with Crippen molar-refractivity contribution < 1.29 is 9.53 Å². The van der Waals surface area contributed by atoms with Gasteiger partial charge in [-0.1, -0.05) is 5.57 Å². The highest BCUT2D eigenvalue weighted by Gasteiger charge is 2.17. The molecule has 0 saturated heterocycles. The van der Waals surface area contributed by atoms with Gasteiger partial charge in [0.05, 0.1) is 7.11 Å². The Hall–Kier alpha value is -1.57. The fourth-order valence-corrected chi connectivity index (χ4v) is 2.28. The number of carbonyl (C=O) groups is 1. The van der Waals surface area contributed by atoms with Crippen LogP contribution < -0.4 is 4.74 Å². The van der Waals surface area contributed by atoms with E-state index in [1.807, 2.05) is 24.3 Å². The Morgan fingerprint density at radius 2 is 1.76 bits per heavy atom. The minimum Gasteiger partial charge on any atom is -0.497 e. The summed E-state index contributed by atoms with van der Waals surface area (Å²) in [6, 6.07) is 7.37. The highest BCUT2D eigenvalue weighted by atomic mass is 16.5. The molecule has 0 spiro atoms. The van der Waals surface area contributed by atoms with Crippen molar-refractivity contribution >= 4 is 5.78 Å². The van der Waals surface area contributed by atoms with Crippen molar-refractivity contribution in [3.8, 4) is 5.75 Å². The van der Waals surface area contributed by atoms with E-state index in [4.69, 9.17) is 4.74 Å². The number of carbonyl (C=O) groups excluding carboxylic acids is 1. The summed E-state index contributed by atoms with van der Waals surface area (Å²) < 4.78 is 5.09. The first-order valence-electron chi connectivity index (χ1n) is 6.09.